The van der Waals surface area contributed by atoms with Crippen LogP contribution in [0.5, 0.6) is 5.75 Å². The minimum absolute atomic E-state index is 0.424. The SMILES string of the molecule is N#CC1(C(O)c2nccs2)CCOc2ccccc21. The van der Waals surface area contributed by atoms with Crippen molar-refractivity contribution in [1.82, 2.24) is 4.98 Å². The molecule has 1 N–H and O–H groups in total. The molecule has 1 aliphatic heterocycles. The van der Waals surface area contributed by atoms with Crippen molar-refractivity contribution < 1.29 is 9.84 Å². The summed E-state index contributed by atoms with van der Waals surface area (Å²) in [5, 5.41) is 22.6. The third-order valence-electron chi connectivity index (χ3n) is 3.47. The molecule has 0 radical (unpaired) electrons. The third kappa shape index (κ3) is 1.81. The number of nitrogens with zero attached hydrogens (tertiary/aromatic N) is 2. The van der Waals surface area contributed by atoms with Crippen LogP contribution in [-0.2, 0) is 5.41 Å². The van der Waals surface area contributed by atoms with Gasteiger partial charge in [0, 0.05) is 23.6 Å². The number of hydrogen-bond acceptors (Lipinski definition) is 5. The molecule has 1 aromatic heterocycles. The van der Waals surface area contributed by atoms with Gasteiger partial charge in [-0.25, -0.2) is 4.98 Å². The summed E-state index contributed by atoms with van der Waals surface area (Å²) in [6, 6.07) is 9.69. The molecule has 0 amide bonds. The average Bonchev–Trinajstić information content (AvgIpc) is 3.00. The molecule has 2 heterocycles. The summed E-state index contributed by atoms with van der Waals surface area (Å²) in [6.45, 7) is 0.424. The highest BCUT2D eigenvalue weighted by molar-refractivity contribution is 7.09. The smallest absolute Gasteiger partial charge is 0.128 e. The van der Waals surface area contributed by atoms with E-state index in [0.717, 1.165) is 5.56 Å². The first-order chi connectivity index (χ1) is 9.28. The van der Waals surface area contributed by atoms with Crippen molar-refractivity contribution in [2.75, 3.05) is 6.61 Å². The normalized spacial score (nSPS) is 22.9. The summed E-state index contributed by atoms with van der Waals surface area (Å²) < 4.78 is 5.57. The van der Waals surface area contributed by atoms with Gasteiger partial charge in [0.05, 0.1) is 12.7 Å². The summed E-state index contributed by atoms with van der Waals surface area (Å²) in [6.07, 6.45) is 1.17. The number of rotatable bonds is 2. The number of nitriles is 1. The molecule has 1 aromatic carbocycles. The Morgan fingerprint density at radius 1 is 1.47 bits per heavy atom. The summed E-state index contributed by atoms with van der Waals surface area (Å²) >= 11 is 1.36. The number of benzene rings is 1. The molecule has 3 rings (SSSR count). The van der Waals surface area contributed by atoms with Gasteiger partial charge < -0.3 is 9.84 Å². The fraction of sp³-hybridized carbons (Fsp3) is 0.286. The van der Waals surface area contributed by atoms with Crippen LogP contribution in [0.4, 0.5) is 0 Å². The number of para-hydroxylation sites is 1. The van der Waals surface area contributed by atoms with Crippen molar-refractivity contribution in [3.63, 3.8) is 0 Å². The number of aliphatic hydroxyl groups excluding tert-OH is 1. The number of ether oxygens (including phenoxy) is 1. The van der Waals surface area contributed by atoms with Crippen LogP contribution >= 0.6 is 11.3 Å². The maximum atomic E-state index is 10.6. The fourth-order valence-corrected chi connectivity index (χ4v) is 3.17. The minimum atomic E-state index is -0.979. The summed E-state index contributed by atoms with van der Waals surface area (Å²) in [4.78, 5) is 4.13. The second-order valence-electron chi connectivity index (χ2n) is 4.45. The van der Waals surface area contributed by atoms with Gasteiger partial charge in [-0.15, -0.1) is 11.3 Å². The van der Waals surface area contributed by atoms with Crippen molar-refractivity contribution in [1.29, 1.82) is 5.26 Å². The van der Waals surface area contributed by atoms with E-state index in [2.05, 4.69) is 11.1 Å². The molecule has 4 nitrogen and oxygen atoms in total. The number of aromatic nitrogens is 1. The first kappa shape index (κ1) is 12.2. The molecule has 0 bridgehead atoms. The maximum Gasteiger partial charge on any atom is 0.128 e. The molecule has 0 fully saturated rings. The van der Waals surface area contributed by atoms with Gasteiger partial charge in [-0.2, -0.15) is 5.26 Å². The first-order valence-electron chi connectivity index (χ1n) is 5.99. The first-order valence-corrected chi connectivity index (χ1v) is 6.87. The number of fused-ring (bicyclic) bond motifs is 1. The van der Waals surface area contributed by atoms with Crippen molar-refractivity contribution in [3.8, 4) is 11.8 Å². The second-order valence-corrected chi connectivity index (χ2v) is 5.38. The predicted molar refractivity (Wildman–Crippen MR) is 70.9 cm³/mol. The maximum absolute atomic E-state index is 10.6. The highest BCUT2D eigenvalue weighted by Gasteiger charge is 2.46. The van der Waals surface area contributed by atoms with Crippen molar-refractivity contribution in [3.05, 3.63) is 46.4 Å². The quantitative estimate of drug-likeness (QED) is 0.911. The average molecular weight is 272 g/mol. The Bertz CT molecular complexity index is 621. The van der Waals surface area contributed by atoms with Crippen LogP contribution in [0, 0.1) is 11.3 Å². The van der Waals surface area contributed by atoms with Crippen LogP contribution in [0.25, 0.3) is 0 Å². The van der Waals surface area contributed by atoms with E-state index in [-0.39, 0.29) is 0 Å². The Morgan fingerprint density at radius 2 is 2.32 bits per heavy atom. The molecule has 0 spiro atoms. The molecule has 0 aliphatic carbocycles. The van der Waals surface area contributed by atoms with Gasteiger partial charge in [0.1, 0.15) is 22.3 Å². The zero-order valence-electron chi connectivity index (χ0n) is 10.1. The zero-order valence-corrected chi connectivity index (χ0v) is 10.9. The van der Waals surface area contributed by atoms with Gasteiger partial charge >= 0.3 is 0 Å². The lowest BCUT2D eigenvalue weighted by molar-refractivity contribution is 0.0804. The van der Waals surface area contributed by atoms with Crippen LogP contribution in [0.3, 0.4) is 0 Å². The van der Waals surface area contributed by atoms with E-state index in [0.29, 0.717) is 23.8 Å². The Morgan fingerprint density at radius 3 is 3.05 bits per heavy atom. The van der Waals surface area contributed by atoms with Gasteiger partial charge in [-0.1, -0.05) is 18.2 Å². The van der Waals surface area contributed by atoms with E-state index in [1.165, 1.54) is 11.3 Å². The summed E-state index contributed by atoms with van der Waals surface area (Å²) in [7, 11) is 0. The van der Waals surface area contributed by atoms with Gasteiger partial charge in [-0.3, -0.25) is 0 Å². The van der Waals surface area contributed by atoms with E-state index >= 15 is 0 Å². The van der Waals surface area contributed by atoms with Gasteiger partial charge in [0.25, 0.3) is 0 Å². The van der Waals surface area contributed by atoms with Crippen LogP contribution in [0.15, 0.2) is 35.8 Å². The van der Waals surface area contributed by atoms with Gasteiger partial charge in [0.2, 0.25) is 0 Å². The van der Waals surface area contributed by atoms with Crippen LogP contribution in [-0.4, -0.2) is 16.7 Å². The molecular formula is C14H12N2O2S. The second kappa shape index (κ2) is 4.65. The molecule has 0 saturated carbocycles. The number of aliphatic hydroxyl groups is 1. The van der Waals surface area contributed by atoms with Crippen molar-refractivity contribution in [2.45, 2.75) is 17.9 Å². The molecule has 19 heavy (non-hydrogen) atoms. The molecule has 96 valence electrons. The van der Waals surface area contributed by atoms with E-state index in [4.69, 9.17) is 4.74 Å². The van der Waals surface area contributed by atoms with Crippen LogP contribution < -0.4 is 4.74 Å². The molecule has 1 aliphatic rings. The highest BCUT2D eigenvalue weighted by Crippen LogP contribution is 2.46. The molecule has 5 heteroatoms. The molecule has 0 saturated heterocycles. The fourth-order valence-electron chi connectivity index (χ4n) is 2.46. The van der Waals surface area contributed by atoms with E-state index < -0.39 is 11.5 Å². The standard InChI is InChI=1S/C14H12N2O2S/c15-9-14(12(17)13-16-6-8-19-13)5-7-18-11-4-2-1-3-10(11)14/h1-4,6,8,12,17H,5,7H2. The Labute approximate surface area is 114 Å². The molecule has 2 aromatic rings. The van der Waals surface area contributed by atoms with Crippen molar-refractivity contribution >= 4 is 11.3 Å². The third-order valence-corrected chi connectivity index (χ3v) is 4.30. The molecular weight excluding hydrogens is 260 g/mol. The Kier molecular flexibility index (Phi) is 2.97. The lowest BCUT2D eigenvalue weighted by Gasteiger charge is -2.35. The van der Waals surface area contributed by atoms with E-state index in [1.54, 1.807) is 11.6 Å². The highest BCUT2D eigenvalue weighted by atomic mass is 32.1. The lowest BCUT2D eigenvalue weighted by Crippen LogP contribution is -2.37. The topological polar surface area (TPSA) is 66.1 Å². The van der Waals surface area contributed by atoms with Gasteiger partial charge in [0.15, 0.2) is 0 Å². The Hall–Kier alpha value is -1.90. The van der Waals surface area contributed by atoms with E-state index in [1.807, 2.05) is 24.3 Å². The summed E-state index contributed by atoms with van der Waals surface area (Å²) in [5.41, 5.74) is -0.237. The zero-order chi connectivity index (χ0) is 13.3. The van der Waals surface area contributed by atoms with Gasteiger partial charge in [-0.05, 0) is 6.07 Å². The number of hydrogen-bond donors (Lipinski definition) is 1. The molecule has 2 atom stereocenters. The van der Waals surface area contributed by atoms with E-state index in [9.17, 15) is 10.4 Å². The monoisotopic (exact) mass is 272 g/mol. The lowest BCUT2D eigenvalue weighted by atomic mass is 9.73. The Balaban J connectivity index is 2.13. The summed E-state index contributed by atoms with van der Waals surface area (Å²) in [5.74, 6) is 0.672. The van der Waals surface area contributed by atoms with Crippen LogP contribution in [0.2, 0.25) is 0 Å². The van der Waals surface area contributed by atoms with Crippen molar-refractivity contribution in [2.24, 2.45) is 0 Å². The van der Waals surface area contributed by atoms with Crippen LogP contribution in [0.1, 0.15) is 23.1 Å². The minimum Gasteiger partial charge on any atom is -0.493 e. The predicted octanol–water partition coefficient (Wildman–Crippen LogP) is 2.42. The number of thiazole rings is 1. The molecule has 2 unspecified atom stereocenters. The largest absolute Gasteiger partial charge is 0.493 e.